The van der Waals surface area contributed by atoms with E-state index < -0.39 is 0 Å². The molecule has 2 rings (SSSR count). The molecule has 1 aromatic heterocycles. The van der Waals surface area contributed by atoms with E-state index in [1.54, 1.807) is 0 Å². The second-order valence-electron chi connectivity index (χ2n) is 5.99. The van der Waals surface area contributed by atoms with Gasteiger partial charge in [0, 0.05) is 11.7 Å². The highest BCUT2D eigenvalue weighted by Crippen LogP contribution is 2.23. The molecule has 1 atom stereocenters. The molecule has 0 saturated carbocycles. The van der Waals surface area contributed by atoms with Crippen LogP contribution in [0.15, 0.2) is 6.33 Å². The summed E-state index contributed by atoms with van der Waals surface area (Å²) >= 11 is 0. The molecule has 0 saturated heterocycles. The predicted molar refractivity (Wildman–Crippen MR) is 75.9 cm³/mol. The summed E-state index contributed by atoms with van der Waals surface area (Å²) in [6.45, 7) is 9.04. The Kier molecular flexibility index (Phi) is 4.81. The number of rotatable bonds is 6. The molecule has 1 heterocycles. The summed E-state index contributed by atoms with van der Waals surface area (Å²) in [7, 11) is 0. The summed E-state index contributed by atoms with van der Waals surface area (Å²) in [5, 5.41) is 3.52. The van der Waals surface area contributed by atoms with Crippen LogP contribution >= 0.6 is 0 Å². The lowest BCUT2D eigenvalue weighted by molar-refractivity contribution is 0.449. The van der Waals surface area contributed by atoms with Gasteiger partial charge >= 0.3 is 0 Å². The minimum Gasteiger partial charge on any atom is -0.331 e. The zero-order chi connectivity index (χ0) is 13.0. The van der Waals surface area contributed by atoms with Gasteiger partial charge in [-0.1, -0.05) is 13.8 Å². The maximum Gasteiger partial charge on any atom is 0.0954 e. The fourth-order valence-electron chi connectivity index (χ4n) is 2.71. The van der Waals surface area contributed by atoms with Crippen LogP contribution in [0.3, 0.4) is 0 Å². The van der Waals surface area contributed by atoms with Gasteiger partial charge in [0.2, 0.25) is 0 Å². The number of hydrogen-bond acceptors (Lipinski definition) is 2. The van der Waals surface area contributed by atoms with Gasteiger partial charge in [0.05, 0.1) is 12.0 Å². The third kappa shape index (κ3) is 3.35. The second-order valence-corrected chi connectivity index (χ2v) is 5.99. The van der Waals surface area contributed by atoms with Crippen molar-refractivity contribution >= 4 is 0 Å². The minimum absolute atomic E-state index is 0.569. The van der Waals surface area contributed by atoms with Crippen LogP contribution in [0.4, 0.5) is 0 Å². The molecule has 18 heavy (non-hydrogen) atoms. The van der Waals surface area contributed by atoms with Crippen molar-refractivity contribution in [2.45, 2.75) is 58.9 Å². The lowest BCUT2D eigenvalue weighted by atomic mass is 10.0. The van der Waals surface area contributed by atoms with E-state index in [0.717, 1.165) is 19.0 Å². The zero-order valence-corrected chi connectivity index (χ0v) is 12.1. The van der Waals surface area contributed by atoms with Crippen LogP contribution in [0.25, 0.3) is 0 Å². The van der Waals surface area contributed by atoms with E-state index in [1.807, 2.05) is 0 Å². The van der Waals surface area contributed by atoms with Gasteiger partial charge in [-0.3, -0.25) is 0 Å². The van der Waals surface area contributed by atoms with Crippen LogP contribution in [0.1, 0.15) is 57.5 Å². The number of hydrogen-bond donors (Lipinski definition) is 1. The van der Waals surface area contributed by atoms with Crippen molar-refractivity contribution in [3.05, 3.63) is 17.7 Å². The van der Waals surface area contributed by atoms with Crippen LogP contribution in [0.2, 0.25) is 0 Å². The van der Waals surface area contributed by atoms with Crippen molar-refractivity contribution in [3.8, 4) is 0 Å². The van der Waals surface area contributed by atoms with Crippen molar-refractivity contribution < 1.29 is 0 Å². The van der Waals surface area contributed by atoms with Gasteiger partial charge in [-0.15, -0.1) is 0 Å². The highest BCUT2D eigenvalue weighted by Gasteiger charge is 2.17. The molecule has 1 aromatic rings. The molecule has 0 aliphatic heterocycles. The average molecular weight is 249 g/mol. The third-order valence-electron chi connectivity index (χ3n) is 3.83. The van der Waals surface area contributed by atoms with Gasteiger partial charge in [-0.2, -0.15) is 0 Å². The molecule has 102 valence electrons. The molecule has 0 aromatic carbocycles. The second kappa shape index (κ2) is 6.37. The first-order valence-corrected chi connectivity index (χ1v) is 7.43. The molecule has 0 radical (unpaired) electrons. The van der Waals surface area contributed by atoms with Crippen molar-refractivity contribution in [1.82, 2.24) is 14.9 Å². The van der Waals surface area contributed by atoms with Crippen LogP contribution in [-0.4, -0.2) is 22.6 Å². The molecular weight excluding hydrogens is 222 g/mol. The third-order valence-corrected chi connectivity index (χ3v) is 3.83. The van der Waals surface area contributed by atoms with Crippen LogP contribution in [0.5, 0.6) is 0 Å². The fraction of sp³-hybridized carbons (Fsp3) is 0.800. The summed E-state index contributed by atoms with van der Waals surface area (Å²) in [6.07, 6.45) is 8.30. The number of fused-ring (bicyclic) bond motifs is 1. The van der Waals surface area contributed by atoms with Gasteiger partial charge in [-0.05, 0) is 58.0 Å². The number of aryl methyl sites for hydroxylation is 1. The Balaban J connectivity index is 1.85. The normalized spacial score (nSPS) is 16.9. The van der Waals surface area contributed by atoms with E-state index >= 15 is 0 Å². The molecule has 3 heteroatoms. The van der Waals surface area contributed by atoms with E-state index in [1.165, 1.54) is 43.5 Å². The summed E-state index contributed by atoms with van der Waals surface area (Å²) in [6, 6.07) is 0.569. The molecule has 3 nitrogen and oxygen atoms in total. The van der Waals surface area contributed by atoms with Crippen LogP contribution in [0, 0.1) is 5.92 Å². The summed E-state index contributed by atoms with van der Waals surface area (Å²) in [4.78, 5) is 4.58. The molecule has 1 aliphatic rings. The van der Waals surface area contributed by atoms with Gasteiger partial charge in [0.15, 0.2) is 0 Å². The van der Waals surface area contributed by atoms with E-state index in [-0.39, 0.29) is 0 Å². The Hall–Kier alpha value is -0.830. The Morgan fingerprint density at radius 2 is 2.06 bits per heavy atom. The first-order valence-electron chi connectivity index (χ1n) is 7.43. The lowest BCUT2D eigenvalue weighted by Crippen LogP contribution is -2.23. The standard InChI is InChI=1S/C15H27N3/c1-12(2)10-16-9-8-13(3)18-11-17-14-6-4-5-7-15(14)18/h11-13,16H,4-10H2,1-3H3. The van der Waals surface area contributed by atoms with Crippen LogP contribution < -0.4 is 5.32 Å². The van der Waals surface area contributed by atoms with Gasteiger partial charge in [-0.25, -0.2) is 4.98 Å². The summed E-state index contributed by atoms with van der Waals surface area (Å²) < 4.78 is 2.41. The Morgan fingerprint density at radius 3 is 2.83 bits per heavy atom. The van der Waals surface area contributed by atoms with Crippen molar-refractivity contribution in [3.63, 3.8) is 0 Å². The molecule has 1 aliphatic carbocycles. The molecule has 1 N–H and O–H groups in total. The Labute approximate surface area is 111 Å². The number of aromatic nitrogens is 2. The number of nitrogens with one attached hydrogen (secondary N) is 1. The van der Waals surface area contributed by atoms with Crippen LogP contribution in [-0.2, 0) is 12.8 Å². The predicted octanol–water partition coefficient (Wildman–Crippen LogP) is 2.96. The number of nitrogens with zero attached hydrogens (tertiary/aromatic N) is 2. The molecule has 0 spiro atoms. The zero-order valence-electron chi connectivity index (χ0n) is 12.1. The maximum absolute atomic E-state index is 4.58. The van der Waals surface area contributed by atoms with E-state index in [4.69, 9.17) is 0 Å². The van der Waals surface area contributed by atoms with E-state index in [0.29, 0.717) is 6.04 Å². The summed E-state index contributed by atoms with van der Waals surface area (Å²) in [5.41, 5.74) is 2.85. The van der Waals surface area contributed by atoms with Gasteiger partial charge in [0.25, 0.3) is 0 Å². The minimum atomic E-state index is 0.569. The first kappa shape index (κ1) is 13.6. The molecule has 1 unspecified atom stereocenters. The Bertz CT molecular complexity index is 368. The topological polar surface area (TPSA) is 29.9 Å². The molecule has 0 fully saturated rings. The van der Waals surface area contributed by atoms with Gasteiger partial charge in [0.1, 0.15) is 0 Å². The lowest BCUT2D eigenvalue weighted by Gasteiger charge is -2.20. The highest BCUT2D eigenvalue weighted by atomic mass is 15.1. The quantitative estimate of drug-likeness (QED) is 0.786. The van der Waals surface area contributed by atoms with Crippen molar-refractivity contribution in [2.24, 2.45) is 5.92 Å². The highest BCUT2D eigenvalue weighted by molar-refractivity contribution is 5.17. The Morgan fingerprint density at radius 1 is 1.28 bits per heavy atom. The number of imidazole rings is 1. The smallest absolute Gasteiger partial charge is 0.0954 e. The first-order chi connectivity index (χ1) is 8.68. The van der Waals surface area contributed by atoms with Crippen molar-refractivity contribution in [1.29, 1.82) is 0 Å². The molecular formula is C15H27N3. The molecule has 0 bridgehead atoms. The van der Waals surface area contributed by atoms with E-state index in [2.05, 4.69) is 42.0 Å². The van der Waals surface area contributed by atoms with E-state index in [9.17, 15) is 0 Å². The molecule has 0 amide bonds. The SMILES string of the molecule is CC(C)CNCCC(C)n1cnc2c1CCCC2. The fourth-order valence-corrected chi connectivity index (χ4v) is 2.71. The van der Waals surface area contributed by atoms with Gasteiger partial charge < -0.3 is 9.88 Å². The largest absolute Gasteiger partial charge is 0.331 e. The maximum atomic E-state index is 4.58. The average Bonchev–Trinajstić information content (AvgIpc) is 2.78. The summed E-state index contributed by atoms with van der Waals surface area (Å²) in [5.74, 6) is 0.737. The monoisotopic (exact) mass is 249 g/mol. The van der Waals surface area contributed by atoms with Crippen molar-refractivity contribution in [2.75, 3.05) is 13.1 Å².